The average molecular weight is 2120 g/mol. The van der Waals surface area contributed by atoms with Gasteiger partial charge in [-0.15, -0.1) is 0 Å². The van der Waals surface area contributed by atoms with Crippen LogP contribution in [-0.2, 0) is 83.7 Å². The van der Waals surface area contributed by atoms with Gasteiger partial charge < -0.3 is 68.5 Å². The Balaban J connectivity index is 0.000000129. The Hall–Kier alpha value is -7.83. The first-order valence-electron chi connectivity index (χ1n) is 52.6. The first-order chi connectivity index (χ1) is 69.3. The molecule has 33 heteroatoms. The Kier molecular flexibility index (Phi) is 31.9. The molecule has 6 aromatic rings. The first-order valence-corrected chi connectivity index (χ1v) is 55.0. The van der Waals surface area contributed by atoms with Gasteiger partial charge in [-0.2, -0.15) is 52.7 Å². The van der Waals surface area contributed by atoms with Crippen LogP contribution >= 0.6 is 0 Å². The van der Waals surface area contributed by atoms with Crippen LogP contribution in [0.5, 0.6) is 0 Å². The molecule has 19 nitrogen and oxygen atoms in total. The zero-order valence-electron chi connectivity index (χ0n) is 85.6. The van der Waals surface area contributed by atoms with Crippen molar-refractivity contribution < 1.29 is 145 Å². The molecule has 13 atom stereocenters. The van der Waals surface area contributed by atoms with Crippen molar-refractivity contribution in [3.05, 3.63) is 179 Å². The number of carbonyl (C=O) groups excluding carboxylic acids is 5. The maximum absolute atomic E-state index is 14.0. The Morgan fingerprint density at radius 1 is 0.291 bits per heavy atom. The summed E-state index contributed by atoms with van der Waals surface area (Å²) >= 11 is 0. The third kappa shape index (κ3) is 24.4. The van der Waals surface area contributed by atoms with Gasteiger partial charge >= 0.3 is 65.9 Å². The van der Waals surface area contributed by atoms with E-state index < -0.39 is 180 Å². The molecule has 0 heterocycles. The fourth-order valence-corrected chi connectivity index (χ4v) is 33.6. The fraction of sp³-hybridized carbons (Fsp3) is 0.643. The number of aliphatic hydroxyl groups excluding tert-OH is 3. The fourth-order valence-electron chi connectivity index (χ4n) is 29.5. The van der Waals surface area contributed by atoms with Crippen LogP contribution in [0.1, 0.15) is 234 Å². The van der Waals surface area contributed by atoms with E-state index in [2.05, 4.69) is 201 Å². The minimum Gasteiger partial charge on any atom is -0.462 e. The molecule has 20 fully saturated rings. The minimum atomic E-state index is -4.82. The highest BCUT2D eigenvalue weighted by atomic mass is 32.2. The molecule has 0 amide bonds. The number of ether oxygens (including phenoxy) is 8. The van der Waals surface area contributed by atoms with E-state index in [9.17, 15) is 107 Å². The largest absolute Gasteiger partial charge is 0.462 e. The van der Waals surface area contributed by atoms with Gasteiger partial charge in [-0.05, 0) is 365 Å². The molecule has 20 saturated carbocycles. The number of aliphatic hydroxyl groups is 6. The van der Waals surface area contributed by atoms with Crippen LogP contribution in [0.3, 0.4) is 0 Å². The Morgan fingerprint density at radius 3 is 0.743 bits per heavy atom. The maximum atomic E-state index is 14.0. The monoisotopic (exact) mass is 2120 g/mol. The molecule has 6 N–H and O–H groups in total. The smallest absolute Gasteiger partial charge is 0.419 e. The van der Waals surface area contributed by atoms with Gasteiger partial charge in [-0.25, -0.2) is 0 Å². The van der Waals surface area contributed by atoms with Crippen molar-refractivity contribution in [2.75, 3.05) is 39.6 Å². The van der Waals surface area contributed by atoms with Crippen LogP contribution in [0.25, 0.3) is 0 Å². The summed E-state index contributed by atoms with van der Waals surface area (Å²) in [6.45, 7) is 7.82. The van der Waals surface area contributed by atoms with Crippen molar-refractivity contribution in [2.24, 2.45) is 98.1 Å². The number of benzene rings is 6. The predicted molar refractivity (Wildman–Crippen MR) is 525 cm³/mol. The molecule has 0 spiro atoms. The Labute approximate surface area is 863 Å². The van der Waals surface area contributed by atoms with Crippen molar-refractivity contribution in [2.45, 2.75) is 355 Å². The lowest BCUT2D eigenvalue weighted by Crippen LogP contribution is -2.59. The van der Waals surface area contributed by atoms with Gasteiger partial charge in [0.25, 0.3) is 0 Å². The lowest BCUT2D eigenvalue weighted by molar-refractivity contribution is -0.346. The molecule has 20 aliphatic carbocycles. The van der Waals surface area contributed by atoms with Crippen molar-refractivity contribution in [1.29, 1.82) is 0 Å². The van der Waals surface area contributed by atoms with Crippen LogP contribution < -0.4 is 0 Å². The summed E-state index contributed by atoms with van der Waals surface area (Å²) < 4.78 is 201. The zero-order chi connectivity index (χ0) is 106. The molecule has 6 aromatic carbocycles. The number of halogens is 12. The lowest BCUT2D eigenvalue weighted by Gasteiger charge is -2.59. The normalized spacial score (nSPS) is 33.5. The van der Waals surface area contributed by atoms with E-state index in [0.29, 0.717) is 128 Å². The molecule has 810 valence electrons. The Morgan fingerprint density at radius 2 is 0.500 bits per heavy atom. The second-order valence-electron chi connectivity index (χ2n) is 48.0. The van der Waals surface area contributed by atoms with Crippen molar-refractivity contribution in [3.8, 4) is 0 Å². The predicted octanol–water partition coefficient (Wildman–Crippen LogP) is 22.3. The molecule has 20 aliphatic rings. The summed E-state index contributed by atoms with van der Waals surface area (Å²) in [5, 5.41) is 63.2. The van der Waals surface area contributed by atoms with Crippen LogP contribution in [0, 0.1) is 140 Å². The number of alkyl halides is 12. The molecule has 26 rings (SSSR count). The van der Waals surface area contributed by atoms with Crippen molar-refractivity contribution >= 4 is 51.6 Å². The third-order valence-corrected chi connectivity index (χ3v) is 39.4. The number of hydrogen-bond acceptors (Lipinski definition) is 19. The molecule has 0 aromatic heterocycles. The van der Waals surface area contributed by atoms with E-state index >= 15 is 0 Å². The first kappa shape index (κ1) is 111. The number of aryl methyl sites for hydroxylation is 6. The summed E-state index contributed by atoms with van der Waals surface area (Å²) in [7, 11) is -0.0789. The van der Waals surface area contributed by atoms with Gasteiger partial charge in [-0.3, -0.25) is 24.0 Å². The van der Waals surface area contributed by atoms with Gasteiger partial charge in [0.05, 0.1) is 97.7 Å². The van der Waals surface area contributed by atoms with Crippen LogP contribution in [0.4, 0.5) is 52.7 Å². The molecule has 148 heavy (non-hydrogen) atoms. The highest BCUT2D eigenvalue weighted by Crippen LogP contribution is 2.67. The summed E-state index contributed by atoms with van der Waals surface area (Å²) in [5.74, 6) is -14.6. The minimum absolute atomic E-state index is 0.0111. The second-order valence-corrected chi connectivity index (χ2v) is 52.1. The van der Waals surface area contributed by atoms with Crippen molar-refractivity contribution in [1.82, 2.24) is 0 Å². The highest BCUT2D eigenvalue weighted by molar-refractivity contribution is 7.97. The molecular weight excluding hydrogens is 1980 g/mol. The molecule has 13 unspecified atom stereocenters. The van der Waals surface area contributed by atoms with E-state index in [1.54, 1.807) is 0 Å². The molecule has 20 bridgehead atoms. The molecule has 0 radical (unpaired) electrons. The van der Waals surface area contributed by atoms with Crippen LogP contribution in [0.15, 0.2) is 175 Å². The average Bonchev–Trinajstić information content (AvgIpc) is 0.721. The van der Waals surface area contributed by atoms with E-state index in [1.807, 2.05) is 0 Å². The maximum Gasteiger partial charge on any atom is 0.419 e. The van der Waals surface area contributed by atoms with E-state index in [4.69, 9.17) is 23.7 Å². The van der Waals surface area contributed by atoms with Gasteiger partial charge in [0.1, 0.15) is 25.9 Å². The topological polar surface area (TPSA) is 281 Å². The summed E-state index contributed by atoms with van der Waals surface area (Å²) in [5.41, 5.74) is 0.745. The van der Waals surface area contributed by atoms with Gasteiger partial charge in [0, 0.05) is 20.8 Å². The molecular formula is C115H142F12O19S2+2. The van der Waals surface area contributed by atoms with Crippen molar-refractivity contribution in [3.63, 3.8) is 0 Å². The number of carbonyl (C=O) groups is 5. The number of rotatable bonds is 31. The van der Waals surface area contributed by atoms with E-state index in [-0.39, 0.29) is 120 Å². The second kappa shape index (κ2) is 42.5. The summed E-state index contributed by atoms with van der Waals surface area (Å²) in [4.78, 5) is 74.4. The van der Waals surface area contributed by atoms with Crippen LogP contribution in [-0.4, -0.2) is 184 Å². The summed E-state index contributed by atoms with van der Waals surface area (Å²) in [6, 6.07) is 53.6. The van der Waals surface area contributed by atoms with Crippen LogP contribution in [0.2, 0.25) is 0 Å². The highest BCUT2D eigenvalue weighted by Gasteiger charge is 2.68. The third-order valence-electron chi connectivity index (χ3n) is 34.9. The standard InChI is InChI=1S/2C28H38F4O7.2C21H21S.C17H24F4O5/c1-23(29,30)28(31,32)38-13-20(39-22(34)25-6-18-3-19(7-25)11-27(36,10-18)15-25)12-37-21(33)24-4-16-2-17(5-24)9-26(35,8-16)14-24;1-25(29,30)28(31,32)38-13-20(39-24(36)27-7-15-4-18(10-27)22(34)19(5-15)11-27)12-37-23(35)26-6-14-2-16(8-26)21(33)17(3-14)9-26;2*1-16-4-10-19(11-5-16)22(20-12-6-17(2)7-13-20)21-14-8-18(3)9-15-21;1-14(18,19)17(20,21)26-8-12(22)7-25-13(23)15-3-10-2-11(4-15)6-16(24,5-10)9-15/h16-20,35-36H,2-15H2,1H3;14-22,33-34H,2-13H2,1H3;2*4-15H,1-3H3;10-12,22,24H,2-9H2,1H3/q;;2*+1;. The quantitative estimate of drug-likeness (QED) is 0.0102. The van der Waals surface area contributed by atoms with Gasteiger partial charge in [-0.1, -0.05) is 106 Å². The SMILES string of the molecule is CC(F)(F)C(F)(F)OCC(COC(=O)C12CC3CC(C1)C(O)C(C3)C2)OC(=O)C12CC3CC(C1)C(O)C(C3)C2.CC(F)(F)C(F)(F)OCC(COC(=O)C12CC3CC(CC(O)(C3)C1)C2)OC(=O)C12CC3CC(CC(O)(C3)C1)C2.CC(F)(F)C(F)(F)OCC(O)COC(=O)C12CC3CC(CC(O)(C3)C1)C2.Cc1ccc([S+](c2ccc(C)cc2)c2ccc(C)cc2)cc1.Cc1ccc([S+](c2ccc(C)cc2)c2ccc(C)cc2)cc1. The van der Waals surface area contributed by atoms with Gasteiger partial charge in [0.15, 0.2) is 41.6 Å². The van der Waals surface area contributed by atoms with E-state index in [0.717, 1.165) is 44.9 Å². The molecule has 0 saturated heterocycles. The molecule has 0 aliphatic heterocycles. The lowest BCUT2D eigenvalue weighted by atomic mass is 9.48. The zero-order valence-corrected chi connectivity index (χ0v) is 87.2. The van der Waals surface area contributed by atoms with Gasteiger partial charge in [0.2, 0.25) is 0 Å². The van der Waals surface area contributed by atoms with E-state index in [1.165, 1.54) is 62.8 Å². The number of esters is 5. The number of hydrogen-bond donors (Lipinski definition) is 6. The Bertz CT molecular complexity index is 5240. The summed E-state index contributed by atoms with van der Waals surface area (Å²) in [6.07, 6.45) is -2.74.